The van der Waals surface area contributed by atoms with Crippen LogP contribution in [0.15, 0.2) is 0 Å². The van der Waals surface area contributed by atoms with Gasteiger partial charge in [0.1, 0.15) is 0 Å². The third kappa shape index (κ3) is 4.37. The summed E-state index contributed by atoms with van der Waals surface area (Å²) in [6, 6.07) is 0. The van der Waals surface area contributed by atoms with E-state index in [1.54, 1.807) is 0 Å². The van der Waals surface area contributed by atoms with E-state index in [0.29, 0.717) is 0 Å². The molecule has 0 aromatic carbocycles. The molecule has 0 aromatic heterocycles. The number of amides is 1. The van der Waals surface area contributed by atoms with Crippen molar-refractivity contribution in [2.24, 2.45) is 0 Å². The zero-order valence-electron chi connectivity index (χ0n) is 5.04. The number of alkyl halides is 3. The molecule has 0 spiro atoms. The molecule has 0 unspecified atom stereocenters. The Morgan fingerprint density at radius 3 is 1.78 bits per heavy atom. The Balaban J connectivity index is 0. The zero-order chi connectivity index (χ0) is 6.78. The average Bonchev–Trinajstić information content (AvgIpc) is 1.62. The van der Waals surface area contributed by atoms with Gasteiger partial charge in [-0.1, -0.05) is 0 Å². The standard InChI is InChI=1S/C3H4F3NO.Li/c1-7-2(8)3(4,5)6;/h1H3,(H,7,8);. The van der Waals surface area contributed by atoms with Crippen molar-refractivity contribution in [2.45, 2.75) is 6.18 Å². The molecule has 9 heavy (non-hydrogen) atoms. The van der Waals surface area contributed by atoms with Crippen LogP contribution in [-0.4, -0.2) is 38.0 Å². The first kappa shape index (κ1) is 11.6. The molecule has 0 heterocycles. The summed E-state index contributed by atoms with van der Waals surface area (Å²) in [4.78, 5) is 9.60. The molecule has 0 atom stereocenters. The van der Waals surface area contributed by atoms with Gasteiger partial charge in [0, 0.05) is 25.9 Å². The van der Waals surface area contributed by atoms with E-state index in [2.05, 4.69) is 0 Å². The third-order valence-corrected chi connectivity index (χ3v) is 0.485. The largest absolute Gasteiger partial charge is 0.471 e. The van der Waals surface area contributed by atoms with Crippen molar-refractivity contribution in [3.05, 3.63) is 0 Å². The second-order valence-corrected chi connectivity index (χ2v) is 1.08. The van der Waals surface area contributed by atoms with E-state index in [-0.39, 0.29) is 18.9 Å². The van der Waals surface area contributed by atoms with Crippen LogP contribution in [0.25, 0.3) is 0 Å². The summed E-state index contributed by atoms with van der Waals surface area (Å²) in [5.41, 5.74) is 0. The van der Waals surface area contributed by atoms with Gasteiger partial charge in [-0.05, 0) is 0 Å². The molecule has 1 N–H and O–H groups in total. The second kappa shape index (κ2) is 3.80. The Morgan fingerprint density at radius 2 is 1.78 bits per heavy atom. The maximum absolute atomic E-state index is 11.0. The number of hydrogen-bond acceptors (Lipinski definition) is 1. The predicted octanol–water partition coefficient (Wildman–Crippen LogP) is -0.0861. The van der Waals surface area contributed by atoms with Gasteiger partial charge in [0.25, 0.3) is 0 Å². The van der Waals surface area contributed by atoms with Crippen molar-refractivity contribution < 1.29 is 18.0 Å². The first-order valence-corrected chi connectivity index (χ1v) is 1.77. The van der Waals surface area contributed by atoms with Crippen molar-refractivity contribution in [2.75, 3.05) is 7.05 Å². The summed E-state index contributed by atoms with van der Waals surface area (Å²) in [5, 5.41) is 1.44. The van der Waals surface area contributed by atoms with Gasteiger partial charge in [-0.3, -0.25) is 4.79 Å². The number of nitrogens with one attached hydrogen (secondary N) is 1. The van der Waals surface area contributed by atoms with Crippen molar-refractivity contribution in [3.63, 3.8) is 0 Å². The number of rotatable bonds is 0. The Kier molecular flexibility index (Phi) is 4.91. The van der Waals surface area contributed by atoms with Crippen LogP contribution in [0.4, 0.5) is 13.2 Å². The van der Waals surface area contributed by atoms with Gasteiger partial charge in [-0.15, -0.1) is 0 Å². The molecule has 49 valence electrons. The normalized spacial score (nSPS) is 9.78. The monoisotopic (exact) mass is 134 g/mol. The summed E-state index contributed by atoms with van der Waals surface area (Å²) >= 11 is 0. The molecule has 0 aliphatic carbocycles. The van der Waals surface area contributed by atoms with Crippen LogP contribution in [0.2, 0.25) is 0 Å². The van der Waals surface area contributed by atoms with Gasteiger partial charge in [-0.2, -0.15) is 13.2 Å². The molecule has 0 aliphatic heterocycles. The summed E-state index contributed by atoms with van der Waals surface area (Å²) < 4.78 is 33.1. The summed E-state index contributed by atoms with van der Waals surface area (Å²) in [5.74, 6) is -1.92. The molecule has 0 aliphatic rings. The van der Waals surface area contributed by atoms with Gasteiger partial charge in [-0.25, -0.2) is 0 Å². The summed E-state index contributed by atoms with van der Waals surface area (Å²) in [7, 11) is 0.926. The molecule has 0 saturated heterocycles. The maximum Gasteiger partial charge on any atom is 0.471 e. The average molecular weight is 134 g/mol. The summed E-state index contributed by atoms with van der Waals surface area (Å²) in [6.45, 7) is 0. The van der Waals surface area contributed by atoms with E-state index in [1.807, 2.05) is 0 Å². The molecule has 2 nitrogen and oxygen atoms in total. The van der Waals surface area contributed by atoms with Crippen LogP contribution in [-0.2, 0) is 4.79 Å². The van der Waals surface area contributed by atoms with Crippen LogP contribution in [0.5, 0.6) is 0 Å². The van der Waals surface area contributed by atoms with Crippen molar-refractivity contribution in [1.29, 1.82) is 0 Å². The maximum atomic E-state index is 11.0. The molecule has 0 fully saturated rings. The Bertz CT molecular complexity index is 102. The Morgan fingerprint density at radius 1 is 1.44 bits per heavy atom. The minimum absolute atomic E-state index is 0. The minimum atomic E-state index is -4.74. The molecule has 1 amide bonds. The number of carbonyl (C=O) groups is 1. The Hall–Kier alpha value is -0.143. The number of halogens is 3. The van der Waals surface area contributed by atoms with Gasteiger partial charge in [0.2, 0.25) is 0 Å². The van der Waals surface area contributed by atoms with Crippen LogP contribution in [0, 0.1) is 0 Å². The second-order valence-electron chi connectivity index (χ2n) is 1.08. The van der Waals surface area contributed by atoms with Gasteiger partial charge in [0.05, 0.1) is 0 Å². The van der Waals surface area contributed by atoms with E-state index in [0.717, 1.165) is 7.05 Å². The molecule has 0 rings (SSSR count). The van der Waals surface area contributed by atoms with Crippen LogP contribution < -0.4 is 5.32 Å². The van der Waals surface area contributed by atoms with E-state index in [9.17, 15) is 18.0 Å². The molecule has 0 saturated carbocycles. The molecule has 0 bridgehead atoms. The molecule has 0 aromatic rings. The fourth-order valence-electron chi connectivity index (χ4n) is 0.142. The van der Waals surface area contributed by atoms with E-state index in [1.165, 1.54) is 5.32 Å². The van der Waals surface area contributed by atoms with E-state index in [4.69, 9.17) is 0 Å². The molecular formula is C3H4F3LiNO. The van der Waals surface area contributed by atoms with Crippen LogP contribution in [0.3, 0.4) is 0 Å². The van der Waals surface area contributed by atoms with E-state index >= 15 is 0 Å². The SMILES string of the molecule is CNC(=O)C(F)(F)F.[Li]. The van der Waals surface area contributed by atoms with Crippen molar-refractivity contribution in [3.8, 4) is 0 Å². The number of hydrogen-bond donors (Lipinski definition) is 1. The first-order chi connectivity index (χ1) is 3.48. The van der Waals surface area contributed by atoms with Gasteiger partial charge >= 0.3 is 12.1 Å². The third-order valence-electron chi connectivity index (χ3n) is 0.485. The topological polar surface area (TPSA) is 29.1 Å². The van der Waals surface area contributed by atoms with E-state index < -0.39 is 12.1 Å². The fraction of sp³-hybridized carbons (Fsp3) is 0.667. The number of carbonyl (C=O) groups excluding carboxylic acids is 1. The van der Waals surface area contributed by atoms with Gasteiger partial charge in [0.15, 0.2) is 0 Å². The zero-order valence-corrected chi connectivity index (χ0v) is 5.04. The quantitative estimate of drug-likeness (QED) is 0.461. The van der Waals surface area contributed by atoms with Crippen LogP contribution >= 0.6 is 0 Å². The molecule has 1 radical (unpaired) electrons. The predicted molar refractivity (Wildman–Crippen MR) is 25.9 cm³/mol. The van der Waals surface area contributed by atoms with Crippen LogP contribution in [0.1, 0.15) is 0 Å². The minimum Gasteiger partial charge on any atom is -0.351 e. The summed E-state index contributed by atoms with van der Waals surface area (Å²) in [6.07, 6.45) is -4.74. The fourth-order valence-corrected chi connectivity index (χ4v) is 0.142. The molecular weight excluding hydrogens is 130 g/mol. The first-order valence-electron chi connectivity index (χ1n) is 1.77. The van der Waals surface area contributed by atoms with Crippen molar-refractivity contribution >= 4 is 24.8 Å². The smallest absolute Gasteiger partial charge is 0.351 e. The molecule has 6 heteroatoms. The van der Waals surface area contributed by atoms with Gasteiger partial charge < -0.3 is 5.32 Å². The van der Waals surface area contributed by atoms with Crippen molar-refractivity contribution in [1.82, 2.24) is 5.32 Å². The Labute approximate surface area is 62.0 Å².